The average molecular weight is 368 g/mol. The molecule has 1 saturated heterocycles. The van der Waals surface area contributed by atoms with E-state index in [2.05, 4.69) is 6.58 Å². The molecule has 1 aliphatic heterocycles. The number of ether oxygens (including phenoxy) is 3. The summed E-state index contributed by atoms with van der Waals surface area (Å²) in [6, 6.07) is 0. The van der Waals surface area contributed by atoms with E-state index >= 15 is 0 Å². The van der Waals surface area contributed by atoms with Crippen LogP contribution in [-0.2, 0) is 14.2 Å². The van der Waals surface area contributed by atoms with Crippen molar-refractivity contribution in [3.8, 4) is 0 Å². The molecule has 0 amide bonds. The summed E-state index contributed by atoms with van der Waals surface area (Å²) in [6.45, 7) is 4.81. The lowest BCUT2D eigenvalue weighted by atomic mass is 9.80. The fraction of sp³-hybridized carbons (Fsp3) is 0.714. The van der Waals surface area contributed by atoms with Crippen molar-refractivity contribution in [2.24, 2.45) is 11.8 Å². The summed E-state index contributed by atoms with van der Waals surface area (Å²) in [5.41, 5.74) is 0.413. The quantitative estimate of drug-likeness (QED) is 0.589. The van der Waals surface area contributed by atoms with E-state index in [9.17, 15) is 8.78 Å². The zero-order valence-electron chi connectivity index (χ0n) is 15.6. The summed E-state index contributed by atoms with van der Waals surface area (Å²) in [4.78, 5) is 0. The minimum atomic E-state index is -0.867. The van der Waals surface area contributed by atoms with Crippen LogP contribution in [0.3, 0.4) is 0 Å². The third-order valence-electron chi connectivity index (χ3n) is 6.07. The van der Waals surface area contributed by atoms with Crippen molar-refractivity contribution < 1.29 is 23.0 Å². The Labute approximate surface area is 155 Å². The van der Waals surface area contributed by atoms with Crippen molar-refractivity contribution in [3.63, 3.8) is 0 Å². The van der Waals surface area contributed by atoms with Gasteiger partial charge in [0.25, 0.3) is 0 Å². The zero-order chi connectivity index (χ0) is 18.5. The molecule has 1 saturated carbocycles. The van der Waals surface area contributed by atoms with Crippen molar-refractivity contribution in [1.82, 2.24) is 0 Å². The predicted octanol–water partition coefficient (Wildman–Crippen LogP) is 5.39. The van der Waals surface area contributed by atoms with Crippen LogP contribution in [0, 0.1) is 11.8 Å². The van der Waals surface area contributed by atoms with Crippen LogP contribution < -0.4 is 0 Å². The molecule has 0 spiro atoms. The van der Waals surface area contributed by atoms with Gasteiger partial charge in [0, 0.05) is 12.3 Å². The standard InChI is InChI=1S/C21H30F2O3/c1-3-14-4-10-18(26-12-14)15-5-8-17(9-6-15)25-13-16-7-11-19(24-2)21(23)20(16)22/h3,14-15,17-18H,1,4-13H2,2H3. The Morgan fingerprint density at radius 3 is 2.46 bits per heavy atom. The van der Waals surface area contributed by atoms with Crippen LogP contribution in [0.5, 0.6) is 0 Å². The normalized spacial score (nSPS) is 33.3. The molecule has 26 heavy (non-hydrogen) atoms. The van der Waals surface area contributed by atoms with E-state index in [-0.39, 0.29) is 18.5 Å². The third kappa shape index (κ3) is 4.55. The van der Waals surface area contributed by atoms with E-state index in [1.54, 1.807) is 0 Å². The molecule has 146 valence electrons. The van der Waals surface area contributed by atoms with Gasteiger partial charge < -0.3 is 14.2 Å². The Morgan fingerprint density at radius 1 is 1.08 bits per heavy atom. The zero-order valence-corrected chi connectivity index (χ0v) is 15.6. The van der Waals surface area contributed by atoms with Gasteiger partial charge in [0.05, 0.1) is 32.5 Å². The molecule has 0 aromatic rings. The van der Waals surface area contributed by atoms with Crippen LogP contribution >= 0.6 is 0 Å². The number of hydrogen-bond donors (Lipinski definition) is 0. The van der Waals surface area contributed by atoms with Gasteiger partial charge in [0.1, 0.15) is 5.76 Å². The Hall–Kier alpha value is -1.20. The lowest BCUT2D eigenvalue weighted by molar-refractivity contribution is -0.0611. The van der Waals surface area contributed by atoms with Crippen LogP contribution in [0.4, 0.5) is 8.78 Å². The molecule has 0 aromatic carbocycles. The molecule has 0 aromatic heterocycles. The number of allylic oxidation sites excluding steroid dienone is 3. The number of methoxy groups -OCH3 is 1. The minimum Gasteiger partial charge on any atom is -0.498 e. The summed E-state index contributed by atoms with van der Waals surface area (Å²) in [5, 5.41) is 0. The molecular formula is C21H30F2O3. The van der Waals surface area contributed by atoms with Gasteiger partial charge in [-0.2, -0.15) is 0 Å². The lowest BCUT2D eigenvalue weighted by Gasteiger charge is -2.37. The van der Waals surface area contributed by atoms with Crippen molar-refractivity contribution in [2.75, 3.05) is 20.3 Å². The molecule has 0 bridgehead atoms. The summed E-state index contributed by atoms with van der Waals surface area (Å²) >= 11 is 0. The Bertz CT molecular complexity index is 554. The van der Waals surface area contributed by atoms with Gasteiger partial charge in [-0.25, -0.2) is 8.78 Å². The molecule has 0 radical (unpaired) electrons. The lowest BCUT2D eigenvalue weighted by Crippen LogP contribution is -2.35. The first-order valence-corrected chi connectivity index (χ1v) is 9.78. The minimum absolute atomic E-state index is 0.0953. The third-order valence-corrected chi connectivity index (χ3v) is 6.07. The van der Waals surface area contributed by atoms with E-state index in [0.29, 0.717) is 36.4 Å². The smallest absolute Gasteiger partial charge is 0.196 e. The second kappa shape index (κ2) is 9.14. The van der Waals surface area contributed by atoms with Gasteiger partial charge in [-0.05, 0) is 56.4 Å². The van der Waals surface area contributed by atoms with Gasteiger partial charge in [-0.1, -0.05) is 6.08 Å². The highest BCUT2D eigenvalue weighted by Gasteiger charge is 2.32. The van der Waals surface area contributed by atoms with Crippen LogP contribution in [0.1, 0.15) is 51.4 Å². The number of halogens is 2. The van der Waals surface area contributed by atoms with Crippen LogP contribution in [0.15, 0.2) is 35.6 Å². The molecule has 0 N–H and O–H groups in total. The fourth-order valence-electron chi connectivity index (χ4n) is 4.28. The molecule has 2 unspecified atom stereocenters. The maximum Gasteiger partial charge on any atom is 0.196 e. The summed E-state index contributed by atoms with van der Waals surface area (Å²) in [5.74, 6) is -0.478. The summed E-state index contributed by atoms with van der Waals surface area (Å²) in [6.07, 6.45) is 9.70. The fourth-order valence-corrected chi connectivity index (χ4v) is 4.28. The van der Waals surface area contributed by atoms with Gasteiger partial charge in [-0.15, -0.1) is 6.58 Å². The van der Waals surface area contributed by atoms with E-state index in [4.69, 9.17) is 14.2 Å². The highest BCUT2D eigenvalue weighted by molar-refractivity contribution is 5.32. The van der Waals surface area contributed by atoms with E-state index in [1.807, 2.05) is 6.08 Å². The largest absolute Gasteiger partial charge is 0.498 e. The highest BCUT2D eigenvalue weighted by atomic mass is 19.2. The molecule has 3 aliphatic rings. The molecule has 1 heterocycles. The second-order valence-electron chi connectivity index (χ2n) is 7.65. The molecule has 3 rings (SSSR count). The monoisotopic (exact) mass is 368 g/mol. The molecule has 2 atom stereocenters. The van der Waals surface area contributed by atoms with Crippen molar-refractivity contribution >= 4 is 0 Å². The topological polar surface area (TPSA) is 27.7 Å². The first-order chi connectivity index (χ1) is 12.6. The molecule has 3 nitrogen and oxygen atoms in total. The number of rotatable bonds is 6. The highest BCUT2D eigenvalue weighted by Crippen LogP contribution is 2.36. The van der Waals surface area contributed by atoms with Crippen LogP contribution in [0.25, 0.3) is 0 Å². The first-order valence-electron chi connectivity index (χ1n) is 9.78. The van der Waals surface area contributed by atoms with Gasteiger partial charge >= 0.3 is 0 Å². The Balaban J connectivity index is 1.43. The molecular weight excluding hydrogens is 338 g/mol. The van der Waals surface area contributed by atoms with Crippen molar-refractivity contribution in [1.29, 1.82) is 0 Å². The van der Waals surface area contributed by atoms with Crippen LogP contribution in [-0.4, -0.2) is 32.5 Å². The SMILES string of the molecule is C=CC1CCC(C2CCC(OCC3=C(F)C(F)=C(OC)CC3)CC2)OC1. The van der Waals surface area contributed by atoms with E-state index < -0.39 is 11.7 Å². The van der Waals surface area contributed by atoms with Gasteiger partial charge in [0.2, 0.25) is 0 Å². The molecule has 2 aliphatic carbocycles. The van der Waals surface area contributed by atoms with Crippen molar-refractivity contribution in [3.05, 3.63) is 35.6 Å². The Morgan fingerprint density at radius 2 is 1.85 bits per heavy atom. The van der Waals surface area contributed by atoms with Gasteiger partial charge in [0.15, 0.2) is 11.7 Å². The first kappa shape index (κ1) is 19.6. The molecule has 2 fully saturated rings. The average Bonchev–Trinajstić information content (AvgIpc) is 2.70. The summed E-state index contributed by atoms with van der Waals surface area (Å²) < 4.78 is 44.7. The summed E-state index contributed by atoms with van der Waals surface area (Å²) in [7, 11) is 1.37. The predicted molar refractivity (Wildman–Crippen MR) is 96.9 cm³/mol. The Kier molecular flexibility index (Phi) is 6.87. The van der Waals surface area contributed by atoms with Crippen molar-refractivity contribution in [2.45, 2.75) is 63.6 Å². The second-order valence-corrected chi connectivity index (χ2v) is 7.65. The van der Waals surface area contributed by atoms with Crippen LogP contribution in [0.2, 0.25) is 0 Å². The van der Waals surface area contributed by atoms with E-state index in [0.717, 1.165) is 38.7 Å². The molecule has 5 heteroatoms. The number of hydrogen-bond acceptors (Lipinski definition) is 3. The van der Waals surface area contributed by atoms with Gasteiger partial charge in [-0.3, -0.25) is 0 Å². The maximum atomic E-state index is 14.1. The maximum absolute atomic E-state index is 14.1. The van der Waals surface area contributed by atoms with E-state index in [1.165, 1.54) is 13.5 Å².